The number of alkyl halides is 2. The highest BCUT2D eigenvalue weighted by molar-refractivity contribution is 7.71. The molecular formula is C6H6F2N2S. The molecule has 0 aliphatic carbocycles. The first-order chi connectivity index (χ1) is 5.00. The van der Waals surface area contributed by atoms with E-state index in [1.807, 2.05) is 0 Å². The standard InChI is InChI=1S/C6H6F2N2S/c1-6(7,8)4-2-9-3-5(11)10-4/h2-3H,1H3,(H,10,11). The van der Waals surface area contributed by atoms with E-state index < -0.39 is 5.92 Å². The Hall–Kier alpha value is -0.840. The summed E-state index contributed by atoms with van der Waals surface area (Å²) in [7, 11) is 0. The Bertz CT molecular complexity index is 302. The number of hydrogen-bond acceptors (Lipinski definition) is 2. The summed E-state index contributed by atoms with van der Waals surface area (Å²) in [6, 6.07) is 0. The van der Waals surface area contributed by atoms with Gasteiger partial charge in [-0.15, -0.1) is 0 Å². The monoisotopic (exact) mass is 176 g/mol. The summed E-state index contributed by atoms with van der Waals surface area (Å²) in [6.45, 7) is 0.787. The van der Waals surface area contributed by atoms with Crippen molar-refractivity contribution in [3.05, 3.63) is 22.7 Å². The van der Waals surface area contributed by atoms with E-state index in [2.05, 4.69) is 22.2 Å². The van der Waals surface area contributed by atoms with Crippen LogP contribution in [0.5, 0.6) is 0 Å². The van der Waals surface area contributed by atoms with E-state index in [1.165, 1.54) is 6.20 Å². The van der Waals surface area contributed by atoms with Gasteiger partial charge in [0.05, 0.1) is 12.4 Å². The van der Waals surface area contributed by atoms with Crippen LogP contribution in [-0.4, -0.2) is 9.97 Å². The molecule has 1 N–H and O–H groups in total. The van der Waals surface area contributed by atoms with Crippen LogP contribution >= 0.6 is 12.2 Å². The molecule has 60 valence electrons. The fourth-order valence-corrected chi connectivity index (χ4v) is 0.771. The Morgan fingerprint density at radius 2 is 2.18 bits per heavy atom. The molecule has 0 aromatic carbocycles. The molecule has 0 bridgehead atoms. The fourth-order valence-electron chi connectivity index (χ4n) is 0.600. The number of nitrogens with zero attached hydrogens (tertiary/aromatic N) is 1. The molecule has 0 aliphatic rings. The van der Waals surface area contributed by atoms with Gasteiger partial charge in [0.25, 0.3) is 5.92 Å². The topological polar surface area (TPSA) is 28.7 Å². The van der Waals surface area contributed by atoms with Gasteiger partial charge in [-0.25, -0.2) is 0 Å². The lowest BCUT2D eigenvalue weighted by atomic mass is 10.3. The summed E-state index contributed by atoms with van der Waals surface area (Å²) in [5, 5.41) is 0. The second kappa shape index (κ2) is 2.65. The third-order valence-corrected chi connectivity index (χ3v) is 1.33. The molecular weight excluding hydrogens is 170 g/mol. The van der Waals surface area contributed by atoms with Gasteiger partial charge in [0.1, 0.15) is 10.3 Å². The number of aromatic amines is 1. The van der Waals surface area contributed by atoms with Crippen LogP contribution in [0.1, 0.15) is 12.6 Å². The van der Waals surface area contributed by atoms with E-state index in [1.54, 1.807) is 0 Å². The van der Waals surface area contributed by atoms with E-state index in [0.717, 1.165) is 13.1 Å². The molecule has 0 saturated heterocycles. The van der Waals surface area contributed by atoms with Crippen molar-refractivity contribution in [1.29, 1.82) is 0 Å². The highest BCUT2D eigenvalue weighted by Gasteiger charge is 2.25. The molecule has 0 saturated carbocycles. The van der Waals surface area contributed by atoms with Gasteiger partial charge in [-0.05, 0) is 0 Å². The molecule has 0 radical (unpaired) electrons. The zero-order valence-corrected chi connectivity index (χ0v) is 6.58. The molecule has 0 aliphatic heterocycles. The summed E-state index contributed by atoms with van der Waals surface area (Å²) >= 11 is 4.62. The molecule has 0 fully saturated rings. The second-order valence-corrected chi connectivity index (χ2v) is 2.64. The quantitative estimate of drug-likeness (QED) is 0.665. The fraction of sp³-hybridized carbons (Fsp3) is 0.333. The molecule has 2 nitrogen and oxygen atoms in total. The van der Waals surface area contributed by atoms with Crippen LogP contribution < -0.4 is 0 Å². The van der Waals surface area contributed by atoms with E-state index in [9.17, 15) is 8.78 Å². The molecule has 0 amide bonds. The number of hydrogen-bond donors (Lipinski definition) is 1. The van der Waals surface area contributed by atoms with E-state index >= 15 is 0 Å². The van der Waals surface area contributed by atoms with Gasteiger partial charge in [-0.1, -0.05) is 12.2 Å². The summed E-state index contributed by atoms with van der Waals surface area (Å²) in [5.41, 5.74) is -0.259. The number of H-pyrrole nitrogens is 1. The first kappa shape index (κ1) is 8.26. The predicted octanol–water partition coefficient (Wildman–Crippen LogP) is 2.25. The Balaban J connectivity index is 3.16. The van der Waals surface area contributed by atoms with Crippen LogP contribution in [0.2, 0.25) is 0 Å². The van der Waals surface area contributed by atoms with Crippen LogP contribution in [-0.2, 0) is 5.92 Å². The van der Waals surface area contributed by atoms with Crippen molar-refractivity contribution in [2.45, 2.75) is 12.8 Å². The zero-order valence-electron chi connectivity index (χ0n) is 5.77. The molecule has 1 aromatic heterocycles. The van der Waals surface area contributed by atoms with Crippen molar-refractivity contribution in [2.24, 2.45) is 0 Å². The van der Waals surface area contributed by atoms with Crippen molar-refractivity contribution in [3.8, 4) is 0 Å². The molecule has 1 rings (SSSR count). The van der Waals surface area contributed by atoms with Crippen molar-refractivity contribution in [1.82, 2.24) is 9.97 Å². The minimum absolute atomic E-state index is 0.212. The van der Waals surface area contributed by atoms with Crippen molar-refractivity contribution in [3.63, 3.8) is 0 Å². The minimum atomic E-state index is -2.90. The van der Waals surface area contributed by atoms with Gasteiger partial charge in [0, 0.05) is 6.92 Å². The molecule has 0 atom stereocenters. The van der Waals surface area contributed by atoms with E-state index in [4.69, 9.17) is 0 Å². The third-order valence-electron chi connectivity index (χ3n) is 1.13. The SMILES string of the molecule is CC(F)(F)c1cncc(=S)[nH]1. The lowest BCUT2D eigenvalue weighted by Crippen LogP contribution is -2.09. The summed E-state index contributed by atoms with van der Waals surface area (Å²) < 4.78 is 25.2. The number of rotatable bonds is 1. The molecule has 1 aromatic rings. The maximum Gasteiger partial charge on any atom is 0.286 e. The van der Waals surface area contributed by atoms with Crippen molar-refractivity contribution in [2.75, 3.05) is 0 Å². The Labute approximate surface area is 67.3 Å². The molecule has 0 unspecified atom stereocenters. The maximum absolute atomic E-state index is 12.5. The first-order valence-corrected chi connectivity index (χ1v) is 3.33. The normalized spacial score (nSPS) is 11.5. The summed E-state index contributed by atoms with van der Waals surface area (Å²) in [4.78, 5) is 5.88. The lowest BCUT2D eigenvalue weighted by Gasteiger charge is -2.08. The van der Waals surface area contributed by atoms with E-state index in [0.29, 0.717) is 0 Å². The van der Waals surface area contributed by atoms with Crippen molar-refractivity contribution >= 4 is 12.2 Å². The average Bonchev–Trinajstić information content (AvgIpc) is 1.86. The lowest BCUT2D eigenvalue weighted by molar-refractivity contribution is 0.0122. The molecule has 1 heterocycles. The van der Waals surface area contributed by atoms with Crippen LogP contribution in [0.25, 0.3) is 0 Å². The van der Waals surface area contributed by atoms with Crippen LogP contribution in [0.3, 0.4) is 0 Å². The largest absolute Gasteiger partial charge is 0.343 e. The Morgan fingerprint density at radius 1 is 1.55 bits per heavy atom. The minimum Gasteiger partial charge on any atom is -0.343 e. The molecule has 11 heavy (non-hydrogen) atoms. The van der Waals surface area contributed by atoms with Gasteiger partial charge < -0.3 is 4.98 Å². The first-order valence-electron chi connectivity index (χ1n) is 2.93. The summed E-state index contributed by atoms with van der Waals surface area (Å²) in [5.74, 6) is -2.90. The van der Waals surface area contributed by atoms with Gasteiger partial charge in [-0.2, -0.15) is 8.78 Å². The van der Waals surface area contributed by atoms with Gasteiger partial charge in [0.15, 0.2) is 0 Å². The Kier molecular flexibility index (Phi) is 1.99. The maximum atomic E-state index is 12.5. The predicted molar refractivity (Wildman–Crippen MR) is 39.0 cm³/mol. The third kappa shape index (κ3) is 2.04. The van der Waals surface area contributed by atoms with Crippen LogP contribution in [0.15, 0.2) is 12.4 Å². The van der Waals surface area contributed by atoms with Crippen molar-refractivity contribution < 1.29 is 8.78 Å². The van der Waals surface area contributed by atoms with Crippen LogP contribution in [0, 0.1) is 4.64 Å². The number of halogens is 2. The highest BCUT2D eigenvalue weighted by atomic mass is 32.1. The van der Waals surface area contributed by atoms with Gasteiger partial charge in [0.2, 0.25) is 0 Å². The van der Waals surface area contributed by atoms with E-state index in [-0.39, 0.29) is 10.3 Å². The summed E-state index contributed by atoms with van der Waals surface area (Å²) in [6.07, 6.45) is 2.38. The average molecular weight is 176 g/mol. The van der Waals surface area contributed by atoms with Gasteiger partial charge in [-0.3, -0.25) is 4.98 Å². The Morgan fingerprint density at radius 3 is 2.55 bits per heavy atom. The highest BCUT2D eigenvalue weighted by Crippen LogP contribution is 2.23. The number of nitrogens with one attached hydrogen (secondary N) is 1. The smallest absolute Gasteiger partial charge is 0.286 e. The molecule has 5 heteroatoms. The second-order valence-electron chi connectivity index (χ2n) is 2.20. The number of aromatic nitrogens is 2. The van der Waals surface area contributed by atoms with Gasteiger partial charge >= 0.3 is 0 Å². The molecule has 0 spiro atoms. The van der Waals surface area contributed by atoms with Crippen LogP contribution in [0.4, 0.5) is 8.78 Å². The zero-order chi connectivity index (χ0) is 8.48.